The van der Waals surface area contributed by atoms with Crippen molar-refractivity contribution in [1.29, 1.82) is 0 Å². The molecule has 0 aliphatic rings. The standard InChI is InChI=1S/C73H122O6/c1-4-7-10-13-16-19-22-25-27-29-31-32-33-34-35-36-37-38-39-40-42-43-45-48-51-54-57-60-63-66-72(75)78-69-70(68-77-71(74)65-62-59-56-53-50-47-24-21-18-15-12-9-6-3)79-73(76)67-64-61-58-55-52-49-46-44-41-30-28-26-23-20-17-14-11-8-5-2/h8-9,11-12,17-18,20-21,26,28,41,44,47,49-50,52,56,58-59,61,70H,4-7,10,13-16,19,22-25,27,29-40,42-43,45-46,48,51,53-55,57,60,62-69H2,1-3H3/b11-8-,12-9-,20-17-,21-18-,28-26-,44-41-,50-47-,52-49-,59-56-,61-58-. The van der Waals surface area contributed by atoms with Crippen LogP contribution in [-0.4, -0.2) is 37.2 Å². The molecule has 0 aromatic heterocycles. The van der Waals surface area contributed by atoms with E-state index in [1.165, 1.54) is 167 Å². The number of unbranched alkanes of at least 4 members (excludes halogenated alkanes) is 28. The van der Waals surface area contributed by atoms with E-state index in [1.807, 2.05) is 24.3 Å². The predicted molar refractivity (Wildman–Crippen MR) is 343 cm³/mol. The fourth-order valence-corrected chi connectivity index (χ4v) is 9.13. The summed E-state index contributed by atoms with van der Waals surface area (Å²) >= 11 is 0. The van der Waals surface area contributed by atoms with Gasteiger partial charge in [0.25, 0.3) is 0 Å². The van der Waals surface area contributed by atoms with Crippen LogP contribution in [0.4, 0.5) is 0 Å². The van der Waals surface area contributed by atoms with Crippen LogP contribution < -0.4 is 0 Å². The van der Waals surface area contributed by atoms with E-state index in [0.29, 0.717) is 19.3 Å². The number of rotatable bonds is 59. The van der Waals surface area contributed by atoms with Gasteiger partial charge >= 0.3 is 17.9 Å². The van der Waals surface area contributed by atoms with Gasteiger partial charge in [-0.05, 0) is 83.5 Å². The molecule has 1 unspecified atom stereocenters. The quantitative estimate of drug-likeness (QED) is 0.0261. The van der Waals surface area contributed by atoms with Gasteiger partial charge in [-0.15, -0.1) is 0 Å². The molecule has 0 aliphatic heterocycles. The van der Waals surface area contributed by atoms with Gasteiger partial charge in [-0.25, -0.2) is 0 Å². The minimum absolute atomic E-state index is 0.131. The van der Waals surface area contributed by atoms with Crippen LogP contribution in [0.3, 0.4) is 0 Å². The zero-order chi connectivity index (χ0) is 57.1. The minimum Gasteiger partial charge on any atom is -0.462 e. The van der Waals surface area contributed by atoms with E-state index in [2.05, 4.69) is 118 Å². The van der Waals surface area contributed by atoms with E-state index in [-0.39, 0.29) is 38.0 Å². The third kappa shape index (κ3) is 64.5. The van der Waals surface area contributed by atoms with Crippen molar-refractivity contribution in [3.8, 4) is 0 Å². The Labute approximate surface area is 488 Å². The number of esters is 3. The minimum atomic E-state index is -0.850. The van der Waals surface area contributed by atoms with Crippen molar-refractivity contribution in [2.75, 3.05) is 13.2 Å². The zero-order valence-electron chi connectivity index (χ0n) is 51.6. The van der Waals surface area contributed by atoms with Crippen molar-refractivity contribution in [2.24, 2.45) is 0 Å². The van der Waals surface area contributed by atoms with E-state index in [9.17, 15) is 14.4 Å². The highest BCUT2D eigenvalue weighted by atomic mass is 16.6. The molecule has 6 nitrogen and oxygen atoms in total. The lowest BCUT2D eigenvalue weighted by Gasteiger charge is -2.18. The summed E-state index contributed by atoms with van der Waals surface area (Å²) in [7, 11) is 0. The molecule has 6 heteroatoms. The Morgan fingerprint density at radius 1 is 0.266 bits per heavy atom. The molecule has 79 heavy (non-hydrogen) atoms. The summed E-state index contributed by atoms with van der Waals surface area (Å²) in [5, 5.41) is 0. The van der Waals surface area contributed by atoms with Crippen LogP contribution in [0.25, 0.3) is 0 Å². The van der Waals surface area contributed by atoms with Gasteiger partial charge in [-0.3, -0.25) is 14.4 Å². The maximum absolute atomic E-state index is 12.9. The Morgan fingerprint density at radius 2 is 0.494 bits per heavy atom. The van der Waals surface area contributed by atoms with Crippen LogP contribution in [0, 0.1) is 0 Å². The van der Waals surface area contributed by atoms with Crippen molar-refractivity contribution in [3.63, 3.8) is 0 Å². The van der Waals surface area contributed by atoms with E-state index < -0.39 is 12.1 Å². The van der Waals surface area contributed by atoms with Gasteiger partial charge in [0.05, 0.1) is 0 Å². The summed E-state index contributed by atoms with van der Waals surface area (Å²) in [6.45, 7) is 6.31. The summed E-state index contributed by atoms with van der Waals surface area (Å²) in [5.74, 6) is -1.10. The van der Waals surface area contributed by atoms with Crippen LogP contribution >= 0.6 is 0 Å². The average Bonchev–Trinajstić information content (AvgIpc) is 3.45. The highest BCUT2D eigenvalue weighted by molar-refractivity contribution is 5.71. The zero-order valence-corrected chi connectivity index (χ0v) is 51.6. The van der Waals surface area contributed by atoms with Crippen molar-refractivity contribution in [3.05, 3.63) is 122 Å². The average molecular weight is 1100 g/mol. The van der Waals surface area contributed by atoms with Gasteiger partial charge in [-0.2, -0.15) is 0 Å². The molecule has 0 fully saturated rings. The highest BCUT2D eigenvalue weighted by Crippen LogP contribution is 2.17. The summed E-state index contributed by atoms with van der Waals surface area (Å²) < 4.78 is 16.8. The summed E-state index contributed by atoms with van der Waals surface area (Å²) in [4.78, 5) is 38.2. The van der Waals surface area contributed by atoms with Gasteiger partial charge in [0.1, 0.15) is 13.2 Å². The van der Waals surface area contributed by atoms with Crippen molar-refractivity contribution >= 4 is 17.9 Å². The van der Waals surface area contributed by atoms with Crippen molar-refractivity contribution in [1.82, 2.24) is 0 Å². The molecule has 450 valence electrons. The van der Waals surface area contributed by atoms with Gasteiger partial charge in [-0.1, -0.05) is 322 Å². The summed E-state index contributed by atoms with van der Waals surface area (Å²) in [6, 6.07) is 0. The normalized spacial score (nSPS) is 12.9. The Bertz CT molecular complexity index is 1640. The molecule has 0 aromatic carbocycles. The molecule has 0 radical (unpaired) electrons. The predicted octanol–water partition coefficient (Wildman–Crippen LogP) is 22.8. The topological polar surface area (TPSA) is 78.9 Å². The lowest BCUT2D eigenvalue weighted by Crippen LogP contribution is -2.30. The molecule has 0 amide bonds. The first-order valence-corrected chi connectivity index (χ1v) is 33.0. The number of allylic oxidation sites excluding steroid dienone is 20. The molecule has 0 rings (SSSR count). The SMILES string of the molecule is CC/C=C\C/C=C\C/C=C\C/C=C\C/C=C\C/C=C\CCC(=O)OC(COC(=O)CC/C=C\C/C=C\C/C=C\C/C=C\CC)COC(=O)CCCCCCCCCCCCCCCCCCCCCCCCCCCCCCC. The highest BCUT2D eigenvalue weighted by Gasteiger charge is 2.19. The Balaban J connectivity index is 4.33. The fraction of sp³-hybridized carbons (Fsp3) is 0.685. The van der Waals surface area contributed by atoms with Crippen LogP contribution in [0.15, 0.2) is 122 Å². The van der Waals surface area contributed by atoms with Gasteiger partial charge < -0.3 is 14.2 Å². The fourth-order valence-electron chi connectivity index (χ4n) is 9.13. The van der Waals surface area contributed by atoms with Gasteiger partial charge in [0, 0.05) is 19.3 Å². The largest absolute Gasteiger partial charge is 0.462 e. The second-order valence-corrected chi connectivity index (χ2v) is 21.6. The molecule has 0 bridgehead atoms. The molecule has 0 heterocycles. The maximum atomic E-state index is 12.9. The van der Waals surface area contributed by atoms with Crippen LogP contribution in [0.1, 0.15) is 303 Å². The lowest BCUT2D eigenvalue weighted by molar-refractivity contribution is -0.166. The Morgan fingerprint density at radius 3 is 0.772 bits per heavy atom. The first-order chi connectivity index (χ1) is 39.0. The van der Waals surface area contributed by atoms with E-state index in [4.69, 9.17) is 14.2 Å². The summed E-state index contributed by atoms with van der Waals surface area (Å²) in [6.07, 6.45) is 92.7. The molecule has 0 saturated heterocycles. The van der Waals surface area contributed by atoms with Gasteiger partial charge in [0.2, 0.25) is 0 Å². The van der Waals surface area contributed by atoms with Gasteiger partial charge in [0.15, 0.2) is 6.10 Å². The molecular weight excluding hydrogens is 973 g/mol. The lowest BCUT2D eigenvalue weighted by atomic mass is 10.0. The first-order valence-electron chi connectivity index (χ1n) is 33.0. The maximum Gasteiger partial charge on any atom is 0.306 e. The molecule has 0 N–H and O–H groups in total. The molecule has 0 aromatic rings. The third-order valence-corrected chi connectivity index (χ3v) is 14.0. The van der Waals surface area contributed by atoms with Crippen molar-refractivity contribution in [2.45, 2.75) is 309 Å². The number of carbonyl (C=O) groups is 3. The third-order valence-electron chi connectivity index (χ3n) is 14.0. The first kappa shape index (κ1) is 74.8. The van der Waals surface area contributed by atoms with Crippen LogP contribution in [0.2, 0.25) is 0 Å². The summed E-state index contributed by atoms with van der Waals surface area (Å²) in [5.41, 5.74) is 0. The monoisotopic (exact) mass is 1090 g/mol. The number of ether oxygens (including phenoxy) is 3. The van der Waals surface area contributed by atoms with Crippen LogP contribution in [0.5, 0.6) is 0 Å². The smallest absolute Gasteiger partial charge is 0.306 e. The Kier molecular flexibility index (Phi) is 62.8. The number of hydrogen-bond acceptors (Lipinski definition) is 6. The molecule has 0 aliphatic carbocycles. The molecule has 0 spiro atoms. The van der Waals surface area contributed by atoms with E-state index >= 15 is 0 Å². The number of carbonyl (C=O) groups excluding carboxylic acids is 3. The molecular formula is C73H122O6. The number of hydrogen-bond donors (Lipinski definition) is 0. The second kappa shape index (κ2) is 66.3. The van der Waals surface area contributed by atoms with E-state index in [0.717, 1.165) is 83.5 Å². The second-order valence-electron chi connectivity index (χ2n) is 21.6. The van der Waals surface area contributed by atoms with E-state index in [1.54, 1.807) is 0 Å². The Hall–Kier alpha value is -4.19. The van der Waals surface area contributed by atoms with Crippen molar-refractivity contribution < 1.29 is 28.6 Å². The molecule has 0 saturated carbocycles. The molecule has 1 atom stereocenters. The van der Waals surface area contributed by atoms with Crippen LogP contribution in [-0.2, 0) is 28.6 Å².